The first kappa shape index (κ1) is 8.09. The van der Waals surface area contributed by atoms with Crippen LogP contribution >= 0.6 is 0 Å². The van der Waals surface area contributed by atoms with E-state index in [0.717, 1.165) is 11.8 Å². The molecule has 0 spiro atoms. The van der Waals surface area contributed by atoms with Crippen LogP contribution in [0.25, 0.3) is 0 Å². The number of nitrogens with two attached hydrogens (primary N) is 1. The Morgan fingerprint density at radius 1 is 1.25 bits per heavy atom. The van der Waals surface area contributed by atoms with Gasteiger partial charge in [0.25, 0.3) is 0 Å². The fourth-order valence-corrected chi connectivity index (χ4v) is 3.20. The van der Waals surface area contributed by atoms with Gasteiger partial charge in [-0.05, 0) is 37.0 Å². The van der Waals surface area contributed by atoms with Crippen LogP contribution in [0.5, 0.6) is 0 Å². The maximum absolute atomic E-state index is 10.8. The molecule has 1 amide bonds. The van der Waals surface area contributed by atoms with Crippen LogP contribution in [-0.2, 0) is 4.79 Å². The highest BCUT2D eigenvalue weighted by Crippen LogP contribution is 2.48. The van der Waals surface area contributed by atoms with Crippen LogP contribution in [0.1, 0.15) is 38.5 Å². The molecule has 0 heterocycles. The molecule has 2 aliphatic carbocycles. The standard InChI is InChI=1S/C10H17NO/c11-10(12)6-8-5-4-7-2-1-3-9(7)8/h7-9H,1-6H2,(H2,11,12)/t7-,8-,9-/m1/s1. The minimum Gasteiger partial charge on any atom is -0.370 e. The summed E-state index contributed by atoms with van der Waals surface area (Å²) < 4.78 is 0. The summed E-state index contributed by atoms with van der Waals surface area (Å²) in [5.74, 6) is 2.31. The average Bonchev–Trinajstić information content (AvgIpc) is 2.52. The first-order valence-corrected chi connectivity index (χ1v) is 5.05. The topological polar surface area (TPSA) is 43.1 Å². The summed E-state index contributed by atoms with van der Waals surface area (Å²) in [6.45, 7) is 0. The molecule has 0 unspecified atom stereocenters. The molecule has 0 radical (unpaired) electrons. The van der Waals surface area contributed by atoms with E-state index < -0.39 is 0 Å². The molecule has 0 saturated heterocycles. The molecule has 0 aliphatic heterocycles. The van der Waals surface area contributed by atoms with Gasteiger partial charge in [-0.1, -0.05) is 12.8 Å². The molecular weight excluding hydrogens is 150 g/mol. The molecule has 0 aromatic rings. The van der Waals surface area contributed by atoms with E-state index in [-0.39, 0.29) is 5.91 Å². The Balaban J connectivity index is 1.95. The van der Waals surface area contributed by atoms with Gasteiger partial charge in [-0.25, -0.2) is 0 Å². The third-order valence-corrected chi connectivity index (χ3v) is 3.69. The SMILES string of the molecule is NC(=O)C[C@H]1CC[C@H]2CCC[C@H]21. The van der Waals surface area contributed by atoms with Crippen molar-refractivity contribution in [2.45, 2.75) is 38.5 Å². The molecule has 2 saturated carbocycles. The van der Waals surface area contributed by atoms with Gasteiger partial charge in [-0.3, -0.25) is 4.79 Å². The zero-order valence-electron chi connectivity index (χ0n) is 7.46. The minimum atomic E-state index is -0.104. The van der Waals surface area contributed by atoms with E-state index in [1.54, 1.807) is 0 Å². The lowest BCUT2D eigenvalue weighted by molar-refractivity contribution is -0.119. The Bertz CT molecular complexity index is 190. The molecule has 2 nitrogen and oxygen atoms in total. The van der Waals surface area contributed by atoms with E-state index >= 15 is 0 Å². The van der Waals surface area contributed by atoms with Gasteiger partial charge < -0.3 is 5.73 Å². The highest BCUT2D eigenvalue weighted by molar-refractivity contribution is 5.74. The second-order valence-electron chi connectivity index (χ2n) is 4.36. The first-order chi connectivity index (χ1) is 5.77. The second-order valence-corrected chi connectivity index (χ2v) is 4.36. The molecule has 2 N–H and O–H groups in total. The number of primary amides is 1. The van der Waals surface area contributed by atoms with Crippen molar-refractivity contribution in [1.82, 2.24) is 0 Å². The molecule has 2 heteroatoms. The van der Waals surface area contributed by atoms with E-state index in [4.69, 9.17) is 5.73 Å². The van der Waals surface area contributed by atoms with Crippen molar-refractivity contribution in [3.8, 4) is 0 Å². The maximum Gasteiger partial charge on any atom is 0.217 e. The van der Waals surface area contributed by atoms with Crippen LogP contribution in [-0.4, -0.2) is 5.91 Å². The fraction of sp³-hybridized carbons (Fsp3) is 0.900. The third kappa shape index (κ3) is 1.35. The Kier molecular flexibility index (Phi) is 2.07. The first-order valence-electron chi connectivity index (χ1n) is 5.05. The summed E-state index contributed by atoms with van der Waals surface area (Å²) in [6.07, 6.45) is 7.37. The van der Waals surface area contributed by atoms with E-state index in [0.29, 0.717) is 12.3 Å². The van der Waals surface area contributed by atoms with Crippen molar-refractivity contribution in [2.24, 2.45) is 23.5 Å². The van der Waals surface area contributed by atoms with Crippen molar-refractivity contribution >= 4 is 5.91 Å². The molecular formula is C10H17NO. The number of fused-ring (bicyclic) bond motifs is 1. The zero-order chi connectivity index (χ0) is 8.55. The smallest absolute Gasteiger partial charge is 0.217 e. The Labute approximate surface area is 73.5 Å². The van der Waals surface area contributed by atoms with E-state index in [9.17, 15) is 4.79 Å². The van der Waals surface area contributed by atoms with Crippen molar-refractivity contribution in [1.29, 1.82) is 0 Å². The number of amides is 1. The minimum absolute atomic E-state index is 0.104. The summed E-state index contributed by atoms with van der Waals surface area (Å²) in [5.41, 5.74) is 5.22. The van der Waals surface area contributed by atoms with E-state index in [1.165, 1.54) is 32.1 Å². The molecule has 0 bridgehead atoms. The van der Waals surface area contributed by atoms with Gasteiger partial charge in [-0.15, -0.1) is 0 Å². The lowest BCUT2D eigenvalue weighted by Gasteiger charge is -2.16. The van der Waals surface area contributed by atoms with Crippen LogP contribution in [0, 0.1) is 17.8 Å². The third-order valence-electron chi connectivity index (χ3n) is 3.69. The van der Waals surface area contributed by atoms with Gasteiger partial charge in [0.1, 0.15) is 0 Å². The van der Waals surface area contributed by atoms with Crippen molar-refractivity contribution in [2.75, 3.05) is 0 Å². The van der Waals surface area contributed by atoms with Gasteiger partial charge >= 0.3 is 0 Å². The highest BCUT2D eigenvalue weighted by atomic mass is 16.1. The number of carbonyl (C=O) groups is 1. The van der Waals surface area contributed by atoms with Crippen molar-refractivity contribution in [3.63, 3.8) is 0 Å². The van der Waals surface area contributed by atoms with Crippen LogP contribution in [0.4, 0.5) is 0 Å². The van der Waals surface area contributed by atoms with Gasteiger partial charge in [0.15, 0.2) is 0 Å². The normalized spacial score (nSPS) is 39.8. The highest BCUT2D eigenvalue weighted by Gasteiger charge is 2.39. The van der Waals surface area contributed by atoms with Gasteiger partial charge in [0.2, 0.25) is 5.91 Å². The van der Waals surface area contributed by atoms with Crippen molar-refractivity contribution in [3.05, 3.63) is 0 Å². The van der Waals surface area contributed by atoms with E-state index in [1.807, 2.05) is 0 Å². The van der Waals surface area contributed by atoms with Gasteiger partial charge in [0, 0.05) is 6.42 Å². The predicted molar refractivity (Wildman–Crippen MR) is 47.4 cm³/mol. The van der Waals surface area contributed by atoms with Gasteiger partial charge in [-0.2, -0.15) is 0 Å². The van der Waals surface area contributed by atoms with Crippen LogP contribution < -0.4 is 5.73 Å². The molecule has 2 aliphatic rings. The lowest BCUT2D eigenvalue weighted by atomic mass is 9.89. The van der Waals surface area contributed by atoms with Crippen LogP contribution in [0.15, 0.2) is 0 Å². The van der Waals surface area contributed by atoms with E-state index in [2.05, 4.69) is 0 Å². The lowest BCUT2D eigenvalue weighted by Crippen LogP contribution is -2.19. The number of hydrogen-bond donors (Lipinski definition) is 1. The second kappa shape index (κ2) is 3.08. The molecule has 0 aromatic heterocycles. The molecule has 3 atom stereocenters. The zero-order valence-corrected chi connectivity index (χ0v) is 7.46. The maximum atomic E-state index is 10.8. The molecule has 0 aromatic carbocycles. The van der Waals surface area contributed by atoms with Gasteiger partial charge in [0.05, 0.1) is 0 Å². The average molecular weight is 167 g/mol. The number of hydrogen-bond acceptors (Lipinski definition) is 1. The Hall–Kier alpha value is -0.530. The Morgan fingerprint density at radius 2 is 2.08 bits per heavy atom. The predicted octanol–water partition coefficient (Wildman–Crippen LogP) is 1.69. The number of rotatable bonds is 2. The summed E-state index contributed by atoms with van der Waals surface area (Å²) in [6, 6.07) is 0. The summed E-state index contributed by atoms with van der Waals surface area (Å²) in [7, 11) is 0. The summed E-state index contributed by atoms with van der Waals surface area (Å²) >= 11 is 0. The number of carbonyl (C=O) groups excluding carboxylic acids is 1. The quantitative estimate of drug-likeness (QED) is 0.668. The molecule has 2 fully saturated rings. The summed E-state index contributed by atoms with van der Waals surface area (Å²) in [5, 5.41) is 0. The molecule has 68 valence electrons. The molecule has 12 heavy (non-hydrogen) atoms. The Morgan fingerprint density at radius 3 is 2.83 bits per heavy atom. The van der Waals surface area contributed by atoms with Crippen LogP contribution in [0.2, 0.25) is 0 Å². The monoisotopic (exact) mass is 167 g/mol. The van der Waals surface area contributed by atoms with Crippen molar-refractivity contribution < 1.29 is 4.79 Å². The largest absolute Gasteiger partial charge is 0.370 e. The molecule has 2 rings (SSSR count). The summed E-state index contributed by atoms with van der Waals surface area (Å²) in [4.78, 5) is 10.8. The fourth-order valence-electron chi connectivity index (χ4n) is 3.20. The van der Waals surface area contributed by atoms with Crippen LogP contribution in [0.3, 0.4) is 0 Å².